The van der Waals surface area contributed by atoms with Crippen LogP contribution >= 0.6 is 0 Å². The second-order valence-corrected chi connectivity index (χ2v) is 6.68. The van der Waals surface area contributed by atoms with Crippen molar-refractivity contribution in [2.45, 2.75) is 79.8 Å². The number of hydrogen-bond donors (Lipinski definition) is 1. The van der Waals surface area contributed by atoms with Gasteiger partial charge in [0.1, 0.15) is 0 Å². The maximum atomic E-state index is 3.65. The predicted molar refractivity (Wildman–Crippen MR) is 87.7 cm³/mol. The second kappa shape index (κ2) is 10.7. The van der Waals surface area contributed by atoms with Crippen LogP contribution in [0.5, 0.6) is 0 Å². The molecule has 0 aliphatic rings. The quantitative estimate of drug-likeness (QED) is 0.606. The van der Waals surface area contributed by atoms with Gasteiger partial charge in [-0.05, 0) is 37.6 Å². The van der Waals surface area contributed by atoms with Gasteiger partial charge in [-0.25, -0.2) is 0 Å². The monoisotopic (exact) mass is 270 g/mol. The predicted octanol–water partition coefficient (Wildman–Crippen LogP) is 4.16. The fourth-order valence-electron chi connectivity index (χ4n) is 2.81. The molecule has 1 unspecified atom stereocenters. The van der Waals surface area contributed by atoms with Crippen LogP contribution in [0.4, 0.5) is 0 Å². The smallest absolute Gasteiger partial charge is 0.0221 e. The van der Waals surface area contributed by atoms with Crippen LogP contribution in [0.1, 0.15) is 67.7 Å². The summed E-state index contributed by atoms with van der Waals surface area (Å²) in [5.41, 5.74) is 0. The van der Waals surface area contributed by atoms with E-state index in [-0.39, 0.29) is 0 Å². The summed E-state index contributed by atoms with van der Waals surface area (Å²) in [6.45, 7) is 19.7. The minimum Gasteiger partial charge on any atom is -0.315 e. The first-order chi connectivity index (χ1) is 8.96. The van der Waals surface area contributed by atoms with Crippen LogP contribution in [0.3, 0.4) is 0 Å². The summed E-state index contributed by atoms with van der Waals surface area (Å²) in [7, 11) is 0. The number of rotatable bonds is 11. The lowest BCUT2D eigenvalue weighted by Crippen LogP contribution is -2.49. The third-order valence-corrected chi connectivity index (χ3v) is 3.86. The fourth-order valence-corrected chi connectivity index (χ4v) is 2.81. The molecule has 0 spiro atoms. The van der Waals surface area contributed by atoms with E-state index in [1.54, 1.807) is 0 Å². The highest BCUT2D eigenvalue weighted by atomic mass is 15.2. The van der Waals surface area contributed by atoms with Gasteiger partial charge in [-0.15, -0.1) is 0 Å². The number of nitrogens with zero attached hydrogens (tertiary/aromatic N) is 1. The van der Waals surface area contributed by atoms with Crippen LogP contribution in [0, 0.1) is 11.8 Å². The van der Waals surface area contributed by atoms with E-state index in [2.05, 4.69) is 58.7 Å². The van der Waals surface area contributed by atoms with Gasteiger partial charge < -0.3 is 5.32 Å². The van der Waals surface area contributed by atoms with Crippen LogP contribution in [-0.4, -0.2) is 36.6 Å². The molecule has 0 aromatic rings. The Balaban J connectivity index is 4.56. The molecule has 0 amide bonds. The van der Waals surface area contributed by atoms with Gasteiger partial charge in [-0.2, -0.15) is 0 Å². The lowest BCUT2D eigenvalue weighted by Gasteiger charge is -2.38. The number of nitrogens with one attached hydrogen (secondary N) is 1. The average molecular weight is 271 g/mol. The molecule has 0 saturated heterocycles. The van der Waals surface area contributed by atoms with E-state index < -0.39 is 0 Å². The van der Waals surface area contributed by atoms with Gasteiger partial charge in [-0.3, -0.25) is 4.90 Å². The minimum atomic E-state index is 0.686. The Morgan fingerprint density at radius 3 is 1.63 bits per heavy atom. The molecule has 0 rings (SSSR count). The van der Waals surface area contributed by atoms with Gasteiger partial charge in [0.15, 0.2) is 0 Å². The zero-order valence-corrected chi connectivity index (χ0v) is 14.5. The normalized spacial score (nSPS) is 14.1. The van der Waals surface area contributed by atoms with Crippen LogP contribution in [-0.2, 0) is 0 Å². The summed E-state index contributed by atoms with van der Waals surface area (Å²) in [4.78, 5) is 2.76. The molecule has 0 aromatic carbocycles. The Bertz CT molecular complexity index is 197. The molecule has 0 bridgehead atoms. The van der Waals surface area contributed by atoms with E-state index >= 15 is 0 Å². The van der Waals surface area contributed by atoms with Crippen molar-refractivity contribution in [3.8, 4) is 0 Å². The van der Waals surface area contributed by atoms with Crippen LogP contribution in [0.2, 0.25) is 0 Å². The van der Waals surface area contributed by atoms with Crippen LogP contribution in [0.15, 0.2) is 0 Å². The van der Waals surface area contributed by atoms with Crippen molar-refractivity contribution in [2.24, 2.45) is 11.8 Å². The van der Waals surface area contributed by atoms with Gasteiger partial charge in [-0.1, -0.05) is 48.5 Å². The lowest BCUT2D eigenvalue weighted by atomic mass is 10.0. The Kier molecular flexibility index (Phi) is 10.6. The molecule has 1 atom stereocenters. The molecule has 0 fully saturated rings. The maximum absolute atomic E-state index is 3.65. The Labute approximate surface area is 122 Å². The van der Waals surface area contributed by atoms with Gasteiger partial charge in [0.25, 0.3) is 0 Å². The zero-order valence-electron chi connectivity index (χ0n) is 14.5. The SMILES string of the molecule is CCC(CC)N(CC(C)C)C(CC)CNCC(C)C. The van der Waals surface area contributed by atoms with Crippen molar-refractivity contribution < 1.29 is 0 Å². The summed E-state index contributed by atoms with van der Waals surface area (Å²) in [6, 6.07) is 1.43. The van der Waals surface area contributed by atoms with E-state index in [1.165, 1.54) is 25.8 Å². The Morgan fingerprint density at radius 2 is 1.26 bits per heavy atom. The van der Waals surface area contributed by atoms with Crippen LogP contribution < -0.4 is 5.32 Å². The molecule has 2 nitrogen and oxygen atoms in total. The van der Waals surface area contributed by atoms with Crippen molar-refractivity contribution in [3.63, 3.8) is 0 Å². The van der Waals surface area contributed by atoms with Crippen molar-refractivity contribution in [1.82, 2.24) is 10.2 Å². The average Bonchev–Trinajstić information content (AvgIpc) is 2.34. The Morgan fingerprint density at radius 1 is 0.737 bits per heavy atom. The molecule has 0 aliphatic heterocycles. The van der Waals surface area contributed by atoms with E-state index in [0.717, 1.165) is 31.0 Å². The lowest BCUT2D eigenvalue weighted by molar-refractivity contribution is 0.104. The molecule has 0 saturated carbocycles. The van der Waals surface area contributed by atoms with E-state index in [1.807, 2.05) is 0 Å². The second-order valence-electron chi connectivity index (χ2n) is 6.68. The first kappa shape index (κ1) is 18.9. The molecule has 116 valence electrons. The fraction of sp³-hybridized carbons (Fsp3) is 1.00. The summed E-state index contributed by atoms with van der Waals surface area (Å²) >= 11 is 0. The van der Waals surface area contributed by atoms with Gasteiger partial charge in [0.05, 0.1) is 0 Å². The van der Waals surface area contributed by atoms with E-state index in [9.17, 15) is 0 Å². The van der Waals surface area contributed by atoms with Gasteiger partial charge >= 0.3 is 0 Å². The van der Waals surface area contributed by atoms with Crippen molar-refractivity contribution in [3.05, 3.63) is 0 Å². The van der Waals surface area contributed by atoms with Gasteiger partial charge in [0, 0.05) is 25.2 Å². The topological polar surface area (TPSA) is 15.3 Å². The third kappa shape index (κ3) is 7.94. The summed E-state index contributed by atoms with van der Waals surface area (Å²) < 4.78 is 0. The van der Waals surface area contributed by atoms with Crippen LogP contribution in [0.25, 0.3) is 0 Å². The van der Waals surface area contributed by atoms with E-state index in [4.69, 9.17) is 0 Å². The van der Waals surface area contributed by atoms with Gasteiger partial charge in [0.2, 0.25) is 0 Å². The summed E-state index contributed by atoms with van der Waals surface area (Å²) in [6.07, 6.45) is 3.78. The van der Waals surface area contributed by atoms with E-state index in [0.29, 0.717) is 6.04 Å². The molecule has 0 heterocycles. The largest absolute Gasteiger partial charge is 0.315 e. The highest BCUT2D eigenvalue weighted by molar-refractivity contribution is 4.80. The molecular formula is C17H38N2. The molecule has 0 aliphatic carbocycles. The van der Waals surface area contributed by atoms with Crippen molar-refractivity contribution >= 4 is 0 Å². The highest BCUT2D eigenvalue weighted by Gasteiger charge is 2.23. The molecule has 2 heteroatoms. The minimum absolute atomic E-state index is 0.686. The first-order valence-corrected chi connectivity index (χ1v) is 8.42. The zero-order chi connectivity index (χ0) is 14.8. The first-order valence-electron chi connectivity index (χ1n) is 8.42. The van der Waals surface area contributed by atoms with Crippen molar-refractivity contribution in [2.75, 3.05) is 19.6 Å². The standard InChI is InChI=1S/C17H38N2/c1-8-16(9-2)19(13-15(6)7)17(10-3)12-18-11-14(4)5/h14-18H,8-13H2,1-7H3. The molecule has 19 heavy (non-hydrogen) atoms. The maximum Gasteiger partial charge on any atom is 0.0221 e. The molecule has 0 aromatic heterocycles. The third-order valence-electron chi connectivity index (χ3n) is 3.86. The molecule has 0 radical (unpaired) electrons. The summed E-state index contributed by atoms with van der Waals surface area (Å²) in [5.74, 6) is 1.49. The number of hydrogen-bond acceptors (Lipinski definition) is 2. The highest BCUT2D eigenvalue weighted by Crippen LogP contribution is 2.17. The molecule has 1 N–H and O–H groups in total. The van der Waals surface area contributed by atoms with Crippen molar-refractivity contribution in [1.29, 1.82) is 0 Å². The molecular weight excluding hydrogens is 232 g/mol. The summed E-state index contributed by atoms with van der Waals surface area (Å²) in [5, 5.41) is 3.65. The Hall–Kier alpha value is -0.0800.